The van der Waals surface area contributed by atoms with E-state index in [1.807, 2.05) is 18.7 Å². The van der Waals surface area contributed by atoms with Crippen molar-refractivity contribution < 1.29 is 9.72 Å². The summed E-state index contributed by atoms with van der Waals surface area (Å²) in [4.78, 5) is 25.0. The summed E-state index contributed by atoms with van der Waals surface area (Å²) >= 11 is 0. The molecule has 0 heterocycles. The van der Waals surface area contributed by atoms with E-state index in [0.29, 0.717) is 23.8 Å². The summed E-state index contributed by atoms with van der Waals surface area (Å²) in [5.41, 5.74) is 0.916. The average molecular weight is 291 g/mol. The maximum absolute atomic E-state index is 12.6. The molecule has 1 N–H and O–H groups in total. The highest BCUT2D eigenvalue weighted by Crippen LogP contribution is 2.30. The Labute approximate surface area is 124 Å². The Kier molecular flexibility index (Phi) is 4.77. The zero-order valence-corrected chi connectivity index (χ0v) is 12.5. The second kappa shape index (κ2) is 6.56. The SMILES string of the molecule is CCCN(C(=O)c1ccc([N+](=O)[O-])c(NCC)c1)C1CC1. The molecule has 1 aromatic rings. The smallest absolute Gasteiger partial charge is 0.292 e. The maximum atomic E-state index is 12.6. The molecule has 1 saturated carbocycles. The Balaban J connectivity index is 2.28. The van der Waals surface area contributed by atoms with E-state index in [1.165, 1.54) is 6.07 Å². The van der Waals surface area contributed by atoms with Gasteiger partial charge in [-0.1, -0.05) is 6.92 Å². The number of benzene rings is 1. The normalized spacial score (nSPS) is 13.8. The van der Waals surface area contributed by atoms with E-state index >= 15 is 0 Å². The third-order valence-electron chi connectivity index (χ3n) is 3.52. The van der Waals surface area contributed by atoms with Gasteiger partial charge in [0.25, 0.3) is 11.6 Å². The van der Waals surface area contributed by atoms with E-state index in [0.717, 1.165) is 25.8 Å². The first-order valence-electron chi connectivity index (χ1n) is 7.41. The molecule has 1 amide bonds. The van der Waals surface area contributed by atoms with Crippen LogP contribution >= 0.6 is 0 Å². The predicted molar refractivity (Wildman–Crippen MR) is 81.6 cm³/mol. The lowest BCUT2D eigenvalue weighted by atomic mass is 10.1. The summed E-state index contributed by atoms with van der Waals surface area (Å²) in [7, 11) is 0. The summed E-state index contributed by atoms with van der Waals surface area (Å²) in [6.45, 7) is 5.21. The van der Waals surface area contributed by atoms with Gasteiger partial charge in [0.15, 0.2) is 0 Å². The van der Waals surface area contributed by atoms with Crippen LogP contribution in [0.4, 0.5) is 11.4 Å². The van der Waals surface area contributed by atoms with Gasteiger partial charge in [0, 0.05) is 30.8 Å². The number of anilines is 1. The molecule has 114 valence electrons. The molecule has 6 nitrogen and oxygen atoms in total. The van der Waals surface area contributed by atoms with Gasteiger partial charge in [-0.05, 0) is 38.3 Å². The molecular weight excluding hydrogens is 270 g/mol. The molecular formula is C15H21N3O3. The van der Waals surface area contributed by atoms with Gasteiger partial charge in [0.2, 0.25) is 0 Å². The fourth-order valence-electron chi connectivity index (χ4n) is 2.40. The number of amides is 1. The zero-order chi connectivity index (χ0) is 15.4. The average Bonchev–Trinajstić information content (AvgIpc) is 3.28. The van der Waals surface area contributed by atoms with E-state index in [4.69, 9.17) is 0 Å². The second-order valence-electron chi connectivity index (χ2n) is 5.25. The van der Waals surface area contributed by atoms with Crippen LogP contribution in [0.3, 0.4) is 0 Å². The first kappa shape index (κ1) is 15.3. The van der Waals surface area contributed by atoms with Crippen molar-refractivity contribution in [3.05, 3.63) is 33.9 Å². The van der Waals surface area contributed by atoms with Crippen LogP contribution in [0, 0.1) is 10.1 Å². The van der Waals surface area contributed by atoms with E-state index in [1.54, 1.807) is 12.1 Å². The van der Waals surface area contributed by atoms with E-state index < -0.39 is 4.92 Å². The number of nitrogens with one attached hydrogen (secondary N) is 1. The van der Waals surface area contributed by atoms with Crippen LogP contribution in [0.25, 0.3) is 0 Å². The van der Waals surface area contributed by atoms with Gasteiger partial charge in [-0.3, -0.25) is 14.9 Å². The van der Waals surface area contributed by atoms with Crippen molar-refractivity contribution in [2.24, 2.45) is 0 Å². The Morgan fingerprint density at radius 1 is 1.43 bits per heavy atom. The van der Waals surface area contributed by atoms with Crippen LogP contribution < -0.4 is 5.32 Å². The number of carbonyl (C=O) groups excluding carboxylic acids is 1. The molecule has 6 heteroatoms. The minimum atomic E-state index is -0.434. The van der Waals surface area contributed by atoms with E-state index in [2.05, 4.69) is 5.32 Å². The molecule has 1 aromatic carbocycles. The van der Waals surface area contributed by atoms with Crippen molar-refractivity contribution in [3.63, 3.8) is 0 Å². The number of hydrogen-bond acceptors (Lipinski definition) is 4. The Bertz CT molecular complexity index is 541. The second-order valence-corrected chi connectivity index (χ2v) is 5.25. The Morgan fingerprint density at radius 2 is 2.14 bits per heavy atom. The number of nitrogens with zero attached hydrogens (tertiary/aromatic N) is 2. The molecule has 0 radical (unpaired) electrons. The lowest BCUT2D eigenvalue weighted by Gasteiger charge is -2.22. The van der Waals surface area contributed by atoms with Crippen molar-refractivity contribution in [1.29, 1.82) is 0 Å². The lowest BCUT2D eigenvalue weighted by molar-refractivity contribution is -0.384. The molecule has 1 fully saturated rings. The van der Waals surface area contributed by atoms with Gasteiger partial charge in [-0.15, -0.1) is 0 Å². The third-order valence-corrected chi connectivity index (χ3v) is 3.52. The molecule has 0 unspecified atom stereocenters. The van der Waals surface area contributed by atoms with Crippen LogP contribution in [-0.2, 0) is 0 Å². The number of nitro benzene ring substituents is 1. The lowest BCUT2D eigenvalue weighted by Crippen LogP contribution is -2.33. The highest BCUT2D eigenvalue weighted by atomic mass is 16.6. The number of carbonyl (C=O) groups is 1. The summed E-state index contributed by atoms with van der Waals surface area (Å²) < 4.78 is 0. The summed E-state index contributed by atoms with van der Waals surface area (Å²) in [6.07, 6.45) is 3.02. The largest absolute Gasteiger partial charge is 0.380 e. The van der Waals surface area contributed by atoms with Crippen molar-refractivity contribution >= 4 is 17.3 Å². The van der Waals surface area contributed by atoms with Gasteiger partial charge >= 0.3 is 0 Å². The molecule has 0 spiro atoms. The van der Waals surface area contributed by atoms with Crippen LogP contribution in [-0.4, -0.2) is 34.9 Å². The van der Waals surface area contributed by atoms with Gasteiger partial charge in [0.05, 0.1) is 4.92 Å². The zero-order valence-electron chi connectivity index (χ0n) is 12.5. The van der Waals surface area contributed by atoms with Crippen LogP contribution in [0.1, 0.15) is 43.5 Å². The summed E-state index contributed by atoms with van der Waals surface area (Å²) in [6, 6.07) is 4.89. The van der Waals surface area contributed by atoms with Crippen molar-refractivity contribution in [1.82, 2.24) is 4.90 Å². The number of rotatable bonds is 7. The standard InChI is InChI=1S/C15H21N3O3/c1-3-9-17(12-6-7-12)15(19)11-5-8-14(18(20)21)13(10-11)16-4-2/h5,8,10,12,16H,3-4,6-7,9H2,1-2H3. The molecule has 1 aliphatic carbocycles. The minimum Gasteiger partial charge on any atom is -0.380 e. The van der Waals surface area contributed by atoms with Crippen LogP contribution in [0.15, 0.2) is 18.2 Å². The fraction of sp³-hybridized carbons (Fsp3) is 0.533. The first-order chi connectivity index (χ1) is 10.1. The first-order valence-corrected chi connectivity index (χ1v) is 7.41. The highest BCUT2D eigenvalue weighted by molar-refractivity contribution is 5.96. The van der Waals surface area contributed by atoms with E-state index in [9.17, 15) is 14.9 Å². The Morgan fingerprint density at radius 3 is 2.67 bits per heavy atom. The third kappa shape index (κ3) is 3.51. The molecule has 0 saturated heterocycles. The molecule has 1 aliphatic rings. The van der Waals surface area contributed by atoms with Crippen LogP contribution in [0.5, 0.6) is 0 Å². The van der Waals surface area contributed by atoms with Gasteiger partial charge in [-0.25, -0.2) is 0 Å². The highest BCUT2D eigenvalue weighted by Gasteiger charge is 2.32. The fourth-order valence-corrected chi connectivity index (χ4v) is 2.40. The minimum absolute atomic E-state index is 0.00173. The van der Waals surface area contributed by atoms with Gasteiger partial charge in [0.1, 0.15) is 5.69 Å². The van der Waals surface area contributed by atoms with Crippen molar-refractivity contribution in [2.75, 3.05) is 18.4 Å². The summed E-state index contributed by atoms with van der Waals surface area (Å²) in [5.74, 6) is -0.0339. The van der Waals surface area contributed by atoms with E-state index in [-0.39, 0.29) is 11.6 Å². The quantitative estimate of drug-likeness (QED) is 0.619. The van der Waals surface area contributed by atoms with Crippen LogP contribution in [0.2, 0.25) is 0 Å². The molecule has 2 rings (SSSR count). The van der Waals surface area contributed by atoms with Crippen molar-refractivity contribution in [2.45, 2.75) is 39.2 Å². The summed E-state index contributed by atoms with van der Waals surface area (Å²) in [5, 5.41) is 14.0. The number of nitro groups is 1. The molecule has 0 aliphatic heterocycles. The maximum Gasteiger partial charge on any atom is 0.292 e. The monoisotopic (exact) mass is 291 g/mol. The molecule has 0 atom stereocenters. The predicted octanol–water partition coefficient (Wildman–Crippen LogP) is 3.04. The van der Waals surface area contributed by atoms with Gasteiger partial charge in [-0.2, -0.15) is 0 Å². The topological polar surface area (TPSA) is 75.5 Å². The number of hydrogen-bond donors (Lipinski definition) is 1. The Hall–Kier alpha value is -2.11. The molecule has 0 bridgehead atoms. The van der Waals surface area contributed by atoms with Gasteiger partial charge < -0.3 is 10.2 Å². The molecule has 0 aromatic heterocycles. The molecule has 21 heavy (non-hydrogen) atoms. The van der Waals surface area contributed by atoms with Crippen molar-refractivity contribution in [3.8, 4) is 0 Å².